The monoisotopic (exact) mass is 325 g/mol. The fourth-order valence-corrected chi connectivity index (χ4v) is 2.67. The number of amides is 2. The summed E-state index contributed by atoms with van der Waals surface area (Å²) in [4.78, 5) is 29.9. The number of aryl methyl sites for hydroxylation is 3. The Labute approximate surface area is 142 Å². The second-order valence-corrected chi connectivity index (χ2v) is 6.06. The molecule has 0 aliphatic heterocycles. The molecule has 0 aliphatic carbocycles. The van der Waals surface area contributed by atoms with Crippen molar-refractivity contribution in [2.45, 2.75) is 27.2 Å². The third-order valence-electron chi connectivity index (χ3n) is 3.94. The molecule has 0 radical (unpaired) electrons. The third-order valence-corrected chi connectivity index (χ3v) is 3.94. The first-order valence-corrected chi connectivity index (χ1v) is 7.91. The summed E-state index contributed by atoms with van der Waals surface area (Å²) in [6.45, 7) is 6.33. The van der Waals surface area contributed by atoms with Gasteiger partial charge in [0, 0.05) is 31.7 Å². The lowest BCUT2D eigenvalue weighted by Gasteiger charge is -2.18. The maximum absolute atomic E-state index is 12.3. The van der Waals surface area contributed by atoms with Crippen LogP contribution in [0.3, 0.4) is 0 Å². The Kier molecular flexibility index (Phi) is 5.68. The van der Waals surface area contributed by atoms with Gasteiger partial charge in [-0.05, 0) is 56.0 Å². The molecule has 0 saturated carbocycles. The predicted molar refractivity (Wildman–Crippen MR) is 94.9 cm³/mol. The fourth-order valence-electron chi connectivity index (χ4n) is 2.67. The summed E-state index contributed by atoms with van der Waals surface area (Å²) in [5.74, 6) is -1.15. The standard InChI is InChI=1S/C19H23N3O2/c1-13-11-14(2)17(15(3)12-13)21-18(23)19(24)22(4)10-7-16-5-8-20-9-6-16/h5-6,8-9,11-12H,7,10H2,1-4H3,(H,21,23). The van der Waals surface area contributed by atoms with Gasteiger partial charge in [0.2, 0.25) is 0 Å². The summed E-state index contributed by atoms with van der Waals surface area (Å²) in [5.41, 5.74) is 4.82. The number of nitrogens with zero attached hydrogens (tertiary/aromatic N) is 2. The lowest BCUT2D eigenvalue weighted by atomic mass is 10.1. The number of hydrogen-bond donors (Lipinski definition) is 1. The SMILES string of the molecule is Cc1cc(C)c(NC(=O)C(=O)N(C)CCc2ccncc2)c(C)c1. The van der Waals surface area contributed by atoms with Crippen LogP contribution in [0.1, 0.15) is 22.3 Å². The number of carbonyl (C=O) groups is 2. The molecule has 24 heavy (non-hydrogen) atoms. The molecule has 0 unspecified atom stereocenters. The largest absolute Gasteiger partial charge is 0.337 e. The van der Waals surface area contributed by atoms with Crippen LogP contribution in [0.5, 0.6) is 0 Å². The van der Waals surface area contributed by atoms with Crippen LogP contribution in [0, 0.1) is 20.8 Å². The van der Waals surface area contributed by atoms with E-state index in [4.69, 9.17) is 0 Å². The molecule has 1 N–H and O–H groups in total. The van der Waals surface area contributed by atoms with Crippen LogP contribution >= 0.6 is 0 Å². The van der Waals surface area contributed by atoms with Crippen molar-refractivity contribution in [1.82, 2.24) is 9.88 Å². The average Bonchev–Trinajstić information content (AvgIpc) is 2.56. The van der Waals surface area contributed by atoms with Crippen LogP contribution in [0.2, 0.25) is 0 Å². The van der Waals surface area contributed by atoms with Crippen molar-refractivity contribution in [3.05, 3.63) is 58.9 Å². The molecule has 0 atom stereocenters. The van der Waals surface area contributed by atoms with Gasteiger partial charge >= 0.3 is 11.8 Å². The minimum absolute atomic E-state index is 0.474. The molecule has 2 amide bonds. The highest BCUT2D eigenvalue weighted by atomic mass is 16.2. The van der Waals surface area contributed by atoms with Gasteiger partial charge in [0.25, 0.3) is 0 Å². The molecule has 126 valence electrons. The lowest BCUT2D eigenvalue weighted by molar-refractivity contribution is -0.142. The van der Waals surface area contributed by atoms with Crippen molar-refractivity contribution in [2.75, 3.05) is 18.9 Å². The molecule has 1 aromatic carbocycles. The van der Waals surface area contributed by atoms with Crippen molar-refractivity contribution in [1.29, 1.82) is 0 Å². The number of aromatic nitrogens is 1. The molecular weight excluding hydrogens is 302 g/mol. The van der Waals surface area contributed by atoms with Crippen LogP contribution in [-0.2, 0) is 16.0 Å². The quantitative estimate of drug-likeness (QED) is 0.879. The van der Waals surface area contributed by atoms with Crippen LogP contribution in [0.15, 0.2) is 36.7 Å². The summed E-state index contributed by atoms with van der Waals surface area (Å²) in [7, 11) is 1.64. The number of rotatable bonds is 4. The predicted octanol–water partition coefficient (Wildman–Crippen LogP) is 2.65. The van der Waals surface area contributed by atoms with Crippen molar-refractivity contribution in [3.63, 3.8) is 0 Å². The maximum atomic E-state index is 12.3. The Morgan fingerprint density at radius 2 is 1.67 bits per heavy atom. The van der Waals surface area contributed by atoms with E-state index >= 15 is 0 Å². The number of pyridine rings is 1. The van der Waals surface area contributed by atoms with E-state index in [1.54, 1.807) is 19.4 Å². The summed E-state index contributed by atoms with van der Waals surface area (Å²) in [5, 5.41) is 2.74. The molecular formula is C19H23N3O2. The normalized spacial score (nSPS) is 10.3. The first-order chi connectivity index (χ1) is 11.4. The van der Waals surface area contributed by atoms with Gasteiger partial charge in [0.15, 0.2) is 0 Å². The highest BCUT2D eigenvalue weighted by molar-refractivity contribution is 6.39. The summed E-state index contributed by atoms with van der Waals surface area (Å²) < 4.78 is 0. The third kappa shape index (κ3) is 4.41. The zero-order chi connectivity index (χ0) is 17.7. The van der Waals surface area contributed by atoms with E-state index in [1.807, 2.05) is 45.0 Å². The number of anilines is 1. The Hall–Kier alpha value is -2.69. The Morgan fingerprint density at radius 1 is 1.08 bits per heavy atom. The number of carbonyl (C=O) groups excluding carboxylic acids is 2. The van der Waals surface area contributed by atoms with E-state index in [1.165, 1.54) is 4.90 Å². The van der Waals surface area contributed by atoms with Crippen molar-refractivity contribution in [3.8, 4) is 0 Å². The smallest absolute Gasteiger partial charge is 0.313 e. The van der Waals surface area contributed by atoms with Crippen LogP contribution < -0.4 is 5.32 Å². The number of hydrogen-bond acceptors (Lipinski definition) is 3. The molecule has 0 spiro atoms. The van der Waals surface area contributed by atoms with Crippen LogP contribution in [0.4, 0.5) is 5.69 Å². The van der Waals surface area contributed by atoms with Crippen molar-refractivity contribution in [2.24, 2.45) is 0 Å². The Morgan fingerprint density at radius 3 is 2.25 bits per heavy atom. The van der Waals surface area contributed by atoms with Crippen LogP contribution in [0.25, 0.3) is 0 Å². The second kappa shape index (κ2) is 7.73. The molecule has 1 aromatic heterocycles. The van der Waals surface area contributed by atoms with Gasteiger partial charge < -0.3 is 10.2 Å². The zero-order valence-electron chi connectivity index (χ0n) is 14.6. The van der Waals surface area contributed by atoms with E-state index < -0.39 is 11.8 Å². The van der Waals surface area contributed by atoms with Gasteiger partial charge in [0.1, 0.15) is 0 Å². The summed E-state index contributed by atoms with van der Waals surface area (Å²) in [6, 6.07) is 7.77. The maximum Gasteiger partial charge on any atom is 0.313 e. The molecule has 2 aromatic rings. The first kappa shape index (κ1) is 17.7. The van der Waals surface area contributed by atoms with Gasteiger partial charge in [-0.1, -0.05) is 17.7 Å². The zero-order valence-corrected chi connectivity index (χ0v) is 14.6. The highest BCUT2D eigenvalue weighted by Crippen LogP contribution is 2.21. The minimum Gasteiger partial charge on any atom is -0.337 e. The topological polar surface area (TPSA) is 62.3 Å². The van der Waals surface area contributed by atoms with E-state index in [0.717, 1.165) is 22.3 Å². The number of benzene rings is 1. The highest BCUT2D eigenvalue weighted by Gasteiger charge is 2.20. The van der Waals surface area contributed by atoms with Gasteiger partial charge in [-0.25, -0.2) is 0 Å². The molecule has 2 rings (SSSR count). The number of nitrogens with one attached hydrogen (secondary N) is 1. The van der Waals surface area contributed by atoms with E-state index in [2.05, 4.69) is 10.3 Å². The molecule has 1 heterocycles. The summed E-state index contributed by atoms with van der Waals surface area (Å²) >= 11 is 0. The van der Waals surface area contributed by atoms with Crippen molar-refractivity contribution < 1.29 is 9.59 Å². The van der Waals surface area contributed by atoms with Gasteiger partial charge in [-0.2, -0.15) is 0 Å². The van der Waals surface area contributed by atoms with Gasteiger partial charge in [-0.3, -0.25) is 14.6 Å². The second-order valence-electron chi connectivity index (χ2n) is 6.06. The van der Waals surface area contributed by atoms with E-state index in [-0.39, 0.29) is 0 Å². The molecule has 5 nitrogen and oxygen atoms in total. The fraction of sp³-hybridized carbons (Fsp3) is 0.316. The first-order valence-electron chi connectivity index (χ1n) is 7.91. The Bertz CT molecular complexity index is 719. The molecule has 0 saturated heterocycles. The molecule has 0 bridgehead atoms. The van der Waals surface area contributed by atoms with Gasteiger partial charge in [-0.15, -0.1) is 0 Å². The van der Waals surface area contributed by atoms with Gasteiger partial charge in [0.05, 0.1) is 0 Å². The van der Waals surface area contributed by atoms with Crippen molar-refractivity contribution >= 4 is 17.5 Å². The number of likely N-dealkylation sites (N-methyl/N-ethyl adjacent to an activating group) is 1. The van der Waals surface area contributed by atoms with Crippen LogP contribution in [-0.4, -0.2) is 35.3 Å². The molecule has 5 heteroatoms. The molecule has 0 aliphatic rings. The average molecular weight is 325 g/mol. The minimum atomic E-state index is -0.609. The summed E-state index contributed by atoms with van der Waals surface area (Å²) in [6.07, 6.45) is 4.11. The molecule has 0 fully saturated rings. The van der Waals surface area contributed by atoms with E-state index in [0.29, 0.717) is 18.7 Å². The Balaban J connectivity index is 1.98. The lowest BCUT2D eigenvalue weighted by Crippen LogP contribution is -2.38. The van der Waals surface area contributed by atoms with E-state index in [9.17, 15) is 9.59 Å².